The van der Waals surface area contributed by atoms with E-state index in [-0.39, 0.29) is 23.9 Å². The molecule has 2 heterocycles. The van der Waals surface area contributed by atoms with E-state index in [1.165, 1.54) is 0 Å². The molecule has 1 unspecified atom stereocenters. The number of methoxy groups -OCH3 is 1. The van der Waals surface area contributed by atoms with E-state index in [9.17, 15) is 9.59 Å². The van der Waals surface area contributed by atoms with Crippen LogP contribution in [0.3, 0.4) is 0 Å². The summed E-state index contributed by atoms with van der Waals surface area (Å²) in [4.78, 5) is 26.5. The maximum absolute atomic E-state index is 12.5. The average Bonchev–Trinajstić information content (AvgIpc) is 3.17. The smallest absolute Gasteiger partial charge is 0.253 e. The Bertz CT molecular complexity index is 579. The standard InChI is InChI=1S/C17H23N3O3S/c1-23-14-4-2-12(3-5-14)17(22)20-8-6-13(7-9-20)19-16(21)15-10-24-11-18-15/h2-5,13,15,18H,6-11H2,1H3,(H,19,21). The van der Waals surface area contributed by atoms with E-state index in [4.69, 9.17) is 4.74 Å². The lowest BCUT2D eigenvalue weighted by atomic mass is 10.0. The molecule has 7 heteroatoms. The van der Waals surface area contributed by atoms with E-state index >= 15 is 0 Å². The fourth-order valence-electron chi connectivity index (χ4n) is 3.01. The number of thioether (sulfide) groups is 1. The minimum atomic E-state index is -0.0750. The Balaban J connectivity index is 1.48. The third-order valence-electron chi connectivity index (χ3n) is 4.50. The van der Waals surface area contributed by atoms with Gasteiger partial charge in [0.25, 0.3) is 5.91 Å². The van der Waals surface area contributed by atoms with Crippen molar-refractivity contribution in [1.82, 2.24) is 15.5 Å². The molecule has 1 atom stereocenters. The van der Waals surface area contributed by atoms with Crippen LogP contribution in [0.2, 0.25) is 0 Å². The molecule has 2 amide bonds. The quantitative estimate of drug-likeness (QED) is 0.851. The molecule has 130 valence electrons. The summed E-state index contributed by atoms with van der Waals surface area (Å²) in [6.07, 6.45) is 1.60. The number of likely N-dealkylation sites (tertiary alicyclic amines) is 1. The van der Waals surface area contributed by atoms with E-state index in [1.807, 2.05) is 4.90 Å². The Morgan fingerprint density at radius 3 is 2.54 bits per heavy atom. The number of amides is 2. The van der Waals surface area contributed by atoms with Crippen LogP contribution in [0.15, 0.2) is 24.3 Å². The molecule has 2 aliphatic heterocycles. The molecule has 0 aromatic heterocycles. The fourth-order valence-corrected chi connectivity index (χ4v) is 3.95. The lowest BCUT2D eigenvalue weighted by Gasteiger charge is -2.33. The number of piperidine rings is 1. The van der Waals surface area contributed by atoms with Crippen molar-refractivity contribution < 1.29 is 14.3 Å². The van der Waals surface area contributed by atoms with Gasteiger partial charge in [-0.2, -0.15) is 0 Å². The van der Waals surface area contributed by atoms with Crippen molar-refractivity contribution in [2.45, 2.75) is 24.9 Å². The first kappa shape index (κ1) is 17.1. The summed E-state index contributed by atoms with van der Waals surface area (Å²) in [6, 6.07) is 7.26. The van der Waals surface area contributed by atoms with Gasteiger partial charge in [-0.25, -0.2) is 0 Å². The molecular formula is C17H23N3O3S. The Morgan fingerprint density at radius 1 is 1.25 bits per heavy atom. The lowest BCUT2D eigenvalue weighted by Crippen LogP contribution is -2.51. The van der Waals surface area contributed by atoms with E-state index in [1.54, 1.807) is 43.1 Å². The zero-order valence-corrected chi connectivity index (χ0v) is 14.6. The van der Waals surface area contributed by atoms with E-state index in [2.05, 4.69) is 10.6 Å². The van der Waals surface area contributed by atoms with Crippen LogP contribution in [-0.2, 0) is 4.79 Å². The van der Waals surface area contributed by atoms with Gasteiger partial charge in [0.2, 0.25) is 5.91 Å². The van der Waals surface area contributed by atoms with Crippen LogP contribution in [-0.4, -0.2) is 60.6 Å². The second-order valence-electron chi connectivity index (χ2n) is 6.08. The number of rotatable bonds is 4. The molecule has 0 saturated carbocycles. The summed E-state index contributed by atoms with van der Waals surface area (Å²) in [7, 11) is 1.61. The normalized spacial score (nSPS) is 21.5. The number of carbonyl (C=O) groups excluding carboxylic acids is 2. The highest BCUT2D eigenvalue weighted by Gasteiger charge is 2.28. The third kappa shape index (κ3) is 4.02. The van der Waals surface area contributed by atoms with E-state index in [0.29, 0.717) is 18.7 Å². The van der Waals surface area contributed by atoms with E-state index < -0.39 is 0 Å². The van der Waals surface area contributed by atoms with E-state index in [0.717, 1.165) is 30.2 Å². The summed E-state index contributed by atoms with van der Waals surface area (Å²) in [5, 5.41) is 6.29. The van der Waals surface area contributed by atoms with Gasteiger partial charge >= 0.3 is 0 Å². The van der Waals surface area contributed by atoms with Gasteiger partial charge in [-0.1, -0.05) is 0 Å². The van der Waals surface area contributed by atoms with Crippen LogP contribution in [0.1, 0.15) is 23.2 Å². The first-order valence-electron chi connectivity index (χ1n) is 8.22. The van der Waals surface area contributed by atoms with Gasteiger partial charge in [0.05, 0.1) is 13.2 Å². The Kier molecular flexibility index (Phi) is 5.63. The summed E-state index contributed by atoms with van der Waals surface area (Å²) in [6.45, 7) is 1.34. The molecule has 0 spiro atoms. The molecule has 0 bridgehead atoms. The highest BCUT2D eigenvalue weighted by molar-refractivity contribution is 7.99. The number of benzene rings is 1. The van der Waals surface area contributed by atoms with Crippen LogP contribution < -0.4 is 15.4 Å². The molecule has 3 rings (SSSR count). The van der Waals surface area contributed by atoms with Crippen LogP contribution in [0, 0.1) is 0 Å². The Morgan fingerprint density at radius 2 is 1.96 bits per heavy atom. The second kappa shape index (κ2) is 7.90. The summed E-state index contributed by atoms with van der Waals surface area (Å²) < 4.78 is 5.12. The minimum Gasteiger partial charge on any atom is -0.497 e. The molecule has 2 N–H and O–H groups in total. The number of nitrogens with zero attached hydrogens (tertiary/aromatic N) is 1. The predicted molar refractivity (Wildman–Crippen MR) is 94.3 cm³/mol. The zero-order valence-electron chi connectivity index (χ0n) is 13.8. The highest BCUT2D eigenvalue weighted by Crippen LogP contribution is 2.17. The number of nitrogens with one attached hydrogen (secondary N) is 2. The Labute approximate surface area is 146 Å². The van der Waals surface area contributed by atoms with Gasteiger partial charge in [0.15, 0.2) is 0 Å². The molecule has 2 saturated heterocycles. The molecule has 0 aliphatic carbocycles. The maximum atomic E-state index is 12.5. The lowest BCUT2D eigenvalue weighted by molar-refractivity contribution is -0.123. The van der Waals surface area contributed by atoms with Crippen molar-refractivity contribution in [3.63, 3.8) is 0 Å². The molecule has 2 fully saturated rings. The molecular weight excluding hydrogens is 326 g/mol. The molecule has 2 aliphatic rings. The van der Waals surface area contributed by atoms with Crippen LogP contribution in [0.25, 0.3) is 0 Å². The topological polar surface area (TPSA) is 70.7 Å². The van der Waals surface area contributed by atoms with Crippen LogP contribution in [0.4, 0.5) is 0 Å². The highest BCUT2D eigenvalue weighted by atomic mass is 32.2. The van der Waals surface area contributed by atoms with Gasteiger partial charge in [0, 0.05) is 36.3 Å². The summed E-state index contributed by atoms with van der Waals surface area (Å²) in [5.41, 5.74) is 0.672. The van der Waals surface area contributed by atoms with Gasteiger partial charge in [-0.15, -0.1) is 11.8 Å². The average molecular weight is 349 g/mol. The molecule has 0 radical (unpaired) electrons. The second-order valence-corrected chi connectivity index (χ2v) is 7.11. The van der Waals surface area contributed by atoms with Crippen molar-refractivity contribution in [1.29, 1.82) is 0 Å². The van der Waals surface area contributed by atoms with Crippen molar-refractivity contribution >= 4 is 23.6 Å². The van der Waals surface area contributed by atoms with Crippen molar-refractivity contribution in [2.75, 3.05) is 31.8 Å². The third-order valence-corrected chi connectivity index (χ3v) is 5.44. The number of ether oxygens (including phenoxy) is 1. The molecule has 1 aromatic carbocycles. The monoisotopic (exact) mass is 349 g/mol. The summed E-state index contributed by atoms with van der Waals surface area (Å²) >= 11 is 1.74. The predicted octanol–water partition coefficient (Wildman–Crippen LogP) is 1.08. The number of hydrogen-bond donors (Lipinski definition) is 2. The zero-order chi connectivity index (χ0) is 16.9. The largest absolute Gasteiger partial charge is 0.497 e. The van der Waals surface area contributed by atoms with Crippen molar-refractivity contribution in [3.8, 4) is 5.75 Å². The van der Waals surface area contributed by atoms with Gasteiger partial charge in [-0.3, -0.25) is 14.9 Å². The summed E-state index contributed by atoms with van der Waals surface area (Å²) in [5.74, 6) is 2.54. The minimum absolute atomic E-state index is 0.0382. The van der Waals surface area contributed by atoms with Gasteiger partial charge < -0.3 is 15.0 Å². The first-order valence-corrected chi connectivity index (χ1v) is 9.37. The van der Waals surface area contributed by atoms with Crippen molar-refractivity contribution in [3.05, 3.63) is 29.8 Å². The SMILES string of the molecule is COc1ccc(C(=O)N2CCC(NC(=O)C3CSCN3)CC2)cc1. The number of carbonyl (C=O) groups is 2. The molecule has 6 nitrogen and oxygen atoms in total. The Hall–Kier alpha value is -1.73. The fraction of sp³-hybridized carbons (Fsp3) is 0.529. The van der Waals surface area contributed by atoms with Crippen molar-refractivity contribution in [2.24, 2.45) is 0 Å². The number of hydrogen-bond acceptors (Lipinski definition) is 5. The van der Waals surface area contributed by atoms with Gasteiger partial charge in [0.1, 0.15) is 5.75 Å². The first-order chi connectivity index (χ1) is 11.7. The molecule has 24 heavy (non-hydrogen) atoms. The van der Waals surface area contributed by atoms with Gasteiger partial charge in [-0.05, 0) is 37.1 Å². The van der Waals surface area contributed by atoms with Crippen LogP contribution >= 0.6 is 11.8 Å². The maximum Gasteiger partial charge on any atom is 0.253 e. The van der Waals surface area contributed by atoms with Crippen LogP contribution in [0.5, 0.6) is 5.75 Å². The molecule has 1 aromatic rings.